The Morgan fingerprint density at radius 2 is 1.68 bits per heavy atom. The summed E-state index contributed by atoms with van der Waals surface area (Å²) in [6.07, 6.45) is 1.18. The molecule has 2 aromatic rings. The largest absolute Gasteiger partial charge is 0.457 e. The predicted molar refractivity (Wildman–Crippen MR) is 84.1 cm³/mol. The number of rotatable bonds is 6. The standard InChI is InChI=1S/C19H20O3/c20-18-13-17(19(22-18)16-9-5-2-6-10-16)11-12-21-14-15-7-3-1-4-8-15/h1-10,17,19H,11-14H2/t17-,19+/m1/s1. The number of cyclic esters (lactones) is 1. The minimum Gasteiger partial charge on any atom is -0.457 e. The summed E-state index contributed by atoms with van der Waals surface area (Å²) in [6.45, 7) is 1.25. The van der Waals surface area contributed by atoms with Gasteiger partial charge < -0.3 is 9.47 Å². The van der Waals surface area contributed by atoms with Gasteiger partial charge in [0.1, 0.15) is 6.10 Å². The molecule has 1 fully saturated rings. The van der Waals surface area contributed by atoms with E-state index in [2.05, 4.69) is 12.1 Å². The zero-order valence-corrected chi connectivity index (χ0v) is 12.5. The van der Waals surface area contributed by atoms with Crippen molar-refractivity contribution in [2.75, 3.05) is 6.61 Å². The minimum atomic E-state index is -0.131. The fraction of sp³-hybridized carbons (Fsp3) is 0.316. The number of esters is 1. The second kappa shape index (κ2) is 7.23. The summed E-state index contributed by atoms with van der Waals surface area (Å²) in [5, 5.41) is 0. The normalized spacial score (nSPS) is 20.8. The van der Waals surface area contributed by atoms with Crippen molar-refractivity contribution in [3.8, 4) is 0 Å². The SMILES string of the molecule is O=C1C[C@@H](CCOCc2ccccc2)[C@H](c2ccccc2)O1. The molecule has 1 aliphatic heterocycles. The molecule has 0 saturated carbocycles. The van der Waals surface area contributed by atoms with Crippen molar-refractivity contribution < 1.29 is 14.3 Å². The third kappa shape index (κ3) is 3.74. The molecule has 0 aromatic heterocycles. The maximum absolute atomic E-state index is 11.6. The fourth-order valence-corrected chi connectivity index (χ4v) is 2.84. The summed E-state index contributed by atoms with van der Waals surface area (Å²) in [5.41, 5.74) is 2.24. The Hall–Kier alpha value is -2.13. The van der Waals surface area contributed by atoms with Crippen LogP contribution in [0.25, 0.3) is 0 Å². The molecule has 2 atom stereocenters. The van der Waals surface area contributed by atoms with E-state index in [-0.39, 0.29) is 18.0 Å². The smallest absolute Gasteiger partial charge is 0.306 e. The number of benzene rings is 2. The van der Waals surface area contributed by atoms with Crippen LogP contribution in [0.1, 0.15) is 30.1 Å². The van der Waals surface area contributed by atoms with Crippen LogP contribution in [0.2, 0.25) is 0 Å². The van der Waals surface area contributed by atoms with Crippen molar-refractivity contribution in [1.82, 2.24) is 0 Å². The maximum atomic E-state index is 11.6. The van der Waals surface area contributed by atoms with E-state index in [1.165, 1.54) is 5.56 Å². The summed E-state index contributed by atoms with van der Waals surface area (Å²) < 4.78 is 11.2. The van der Waals surface area contributed by atoms with Gasteiger partial charge in [-0.3, -0.25) is 4.79 Å². The average molecular weight is 296 g/mol. The molecular weight excluding hydrogens is 276 g/mol. The Balaban J connectivity index is 1.51. The van der Waals surface area contributed by atoms with Gasteiger partial charge in [0, 0.05) is 12.5 Å². The van der Waals surface area contributed by atoms with Gasteiger partial charge in [0.05, 0.1) is 13.0 Å². The van der Waals surface area contributed by atoms with E-state index in [1.54, 1.807) is 0 Å². The molecule has 0 N–H and O–H groups in total. The van der Waals surface area contributed by atoms with Crippen LogP contribution < -0.4 is 0 Å². The van der Waals surface area contributed by atoms with E-state index in [0.717, 1.165) is 12.0 Å². The third-order valence-corrected chi connectivity index (χ3v) is 3.99. The van der Waals surface area contributed by atoms with Gasteiger partial charge in [-0.05, 0) is 17.5 Å². The molecule has 0 bridgehead atoms. The molecule has 114 valence electrons. The molecule has 1 aliphatic rings. The highest BCUT2D eigenvalue weighted by Crippen LogP contribution is 2.37. The molecule has 3 rings (SSSR count). The number of ether oxygens (including phenoxy) is 2. The first-order valence-corrected chi connectivity index (χ1v) is 7.69. The van der Waals surface area contributed by atoms with Crippen molar-refractivity contribution in [2.24, 2.45) is 5.92 Å². The van der Waals surface area contributed by atoms with Crippen molar-refractivity contribution in [3.63, 3.8) is 0 Å². The van der Waals surface area contributed by atoms with Gasteiger partial charge in [-0.2, -0.15) is 0 Å². The predicted octanol–water partition coefficient (Wildman–Crippen LogP) is 3.90. The Kier molecular flexibility index (Phi) is 4.86. The monoisotopic (exact) mass is 296 g/mol. The first kappa shape index (κ1) is 14.8. The molecule has 1 heterocycles. The second-order valence-corrected chi connectivity index (χ2v) is 5.61. The van der Waals surface area contributed by atoms with Crippen LogP contribution >= 0.6 is 0 Å². The molecule has 3 heteroatoms. The highest BCUT2D eigenvalue weighted by molar-refractivity contribution is 5.72. The second-order valence-electron chi connectivity index (χ2n) is 5.61. The lowest BCUT2D eigenvalue weighted by atomic mass is 9.93. The molecule has 3 nitrogen and oxygen atoms in total. The van der Waals surface area contributed by atoms with Gasteiger partial charge in [-0.1, -0.05) is 60.7 Å². The Labute approximate surface area is 130 Å². The topological polar surface area (TPSA) is 35.5 Å². The van der Waals surface area contributed by atoms with Crippen LogP contribution in [0.5, 0.6) is 0 Å². The van der Waals surface area contributed by atoms with Gasteiger partial charge in [0.15, 0.2) is 0 Å². The molecule has 0 spiro atoms. The minimum absolute atomic E-state index is 0.109. The highest BCUT2D eigenvalue weighted by Gasteiger charge is 2.35. The molecule has 1 saturated heterocycles. The van der Waals surface area contributed by atoms with Crippen LogP contribution in [-0.2, 0) is 20.9 Å². The quantitative estimate of drug-likeness (QED) is 0.599. The first-order chi connectivity index (χ1) is 10.8. The van der Waals surface area contributed by atoms with Gasteiger partial charge in [0.2, 0.25) is 0 Å². The Morgan fingerprint density at radius 1 is 1.00 bits per heavy atom. The van der Waals surface area contributed by atoms with Gasteiger partial charge in [-0.25, -0.2) is 0 Å². The van der Waals surface area contributed by atoms with Crippen LogP contribution in [-0.4, -0.2) is 12.6 Å². The van der Waals surface area contributed by atoms with Crippen LogP contribution in [0, 0.1) is 5.92 Å². The van der Waals surface area contributed by atoms with Crippen molar-refractivity contribution in [3.05, 3.63) is 71.8 Å². The van der Waals surface area contributed by atoms with E-state index < -0.39 is 0 Å². The maximum Gasteiger partial charge on any atom is 0.306 e. The lowest BCUT2D eigenvalue weighted by Gasteiger charge is -2.17. The summed E-state index contributed by atoms with van der Waals surface area (Å²) in [6, 6.07) is 20.1. The van der Waals surface area contributed by atoms with Crippen molar-refractivity contribution >= 4 is 5.97 Å². The Morgan fingerprint density at radius 3 is 2.41 bits per heavy atom. The van der Waals surface area contributed by atoms with E-state index in [1.807, 2.05) is 48.5 Å². The molecule has 0 radical (unpaired) electrons. The Bertz CT molecular complexity index is 595. The van der Waals surface area contributed by atoms with Crippen LogP contribution in [0.4, 0.5) is 0 Å². The molecular formula is C19H20O3. The van der Waals surface area contributed by atoms with E-state index in [4.69, 9.17) is 9.47 Å². The van der Waals surface area contributed by atoms with Gasteiger partial charge in [-0.15, -0.1) is 0 Å². The van der Waals surface area contributed by atoms with E-state index in [9.17, 15) is 4.79 Å². The van der Waals surface area contributed by atoms with Crippen molar-refractivity contribution in [2.45, 2.75) is 25.6 Å². The van der Waals surface area contributed by atoms with Gasteiger partial charge >= 0.3 is 5.97 Å². The van der Waals surface area contributed by atoms with Gasteiger partial charge in [0.25, 0.3) is 0 Å². The number of hydrogen-bond acceptors (Lipinski definition) is 3. The van der Waals surface area contributed by atoms with E-state index >= 15 is 0 Å². The lowest BCUT2D eigenvalue weighted by Crippen LogP contribution is -2.10. The zero-order chi connectivity index (χ0) is 15.2. The van der Waals surface area contributed by atoms with Crippen LogP contribution in [0.3, 0.4) is 0 Å². The van der Waals surface area contributed by atoms with Crippen LogP contribution in [0.15, 0.2) is 60.7 Å². The average Bonchev–Trinajstić information content (AvgIpc) is 2.94. The lowest BCUT2D eigenvalue weighted by molar-refractivity contribution is -0.141. The molecule has 0 aliphatic carbocycles. The summed E-state index contributed by atoms with van der Waals surface area (Å²) in [4.78, 5) is 11.6. The summed E-state index contributed by atoms with van der Waals surface area (Å²) in [7, 11) is 0. The molecule has 22 heavy (non-hydrogen) atoms. The van der Waals surface area contributed by atoms with E-state index in [0.29, 0.717) is 19.6 Å². The fourth-order valence-electron chi connectivity index (χ4n) is 2.84. The number of hydrogen-bond donors (Lipinski definition) is 0. The highest BCUT2D eigenvalue weighted by atomic mass is 16.6. The number of carbonyl (C=O) groups excluding carboxylic acids is 1. The zero-order valence-electron chi connectivity index (χ0n) is 12.5. The molecule has 0 unspecified atom stereocenters. The van der Waals surface area contributed by atoms with Crippen molar-refractivity contribution in [1.29, 1.82) is 0 Å². The molecule has 0 amide bonds. The number of carbonyl (C=O) groups is 1. The summed E-state index contributed by atoms with van der Waals surface area (Å²) >= 11 is 0. The molecule has 2 aromatic carbocycles. The first-order valence-electron chi connectivity index (χ1n) is 7.69. The summed E-state index contributed by atoms with van der Waals surface area (Å²) in [5.74, 6) is 0.0904. The third-order valence-electron chi connectivity index (χ3n) is 3.99.